The minimum Gasteiger partial charge on any atom is -0.339 e. The number of likely N-dealkylation sites (tertiary alicyclic amines) is 2. The maximum Gasteiger partial charge on any atom is 0.317 e. The molecule has 4 heterocycles. The van der Waals surface area contributed by atoms with Crippen LogP contribution in [0.15, 0.2) is 48.8 Å². The summed E-state index contributed by atoms with van der Waals surface area (Å²) in [5.41, 5.74) is 3.58. The van der Waals surface area contributed by atoms with Crippen LogP contribution in [0, 0.1) is 5.82 Å². The van der Waals surface area contributed by atoms with Crippen LogP contribution in [0.25, 0.3) is 5.52 Å². The van der Waals surface area contributed by atoms with Gasteiger partial charge in [-0.3, -0.25) is 4.79 Å². The molecule has 1 aromatic carbocycles. The number of halogens is 1. The molecule has 0 bridgehead atoms. The Kier molecular flexibility index (Phi) is 6.47. The molecule has 0 spiro atoms. The largest absolute Gasteiger partial charge is 0.339 e. The molecule has 8 heteroatoms. The van der Waals surface area contributed by atoms with E-state index in [4.69, 9.17) is 0 Å². The van der Waals surface area contributed by atoms with Crippen LogP contribution < -0.4 is 5.32 Å². The van der Waals surface area contributed by atoms with E-state index in [1.807, 2.05) is 16.0 Å². The zero-order chi connectivity index (χ0) is 23.5. The van der Waals surface area contributed by atoms with Crippen molar-refractivity contribution >= 4 is 17.5 Å². The Morgan fingerprint density at radius 2 is 1.71 bits per heavy atom. The molecule has 2 aliphatic heterocycles. The predicted molar refractivity (Wildman–Crippen MR) is 127 cm³/mol. The van der Waals surface area contributed by atoms with Gasteiger partial charge in [-0.1, -0.05) is 12.1 Å². The molecule has 0 atom stereocenters. The molecule has 0 unspecified atom stereocenters. The number of hydrogen-bond donors (Lipinski definition) is 1. The molecule has 3 aromatic rings. The maximum atomic E-state index is 13.1. The first-order chi connectivity index (χ1) is 16.6. The van der Waals surface area contributed by atoms with Crippen molar-refractivity contribution in [2.75, 3.05) is 26.2 Å². The average molecular weight is 464 g/mol. The molecule has 7 nitrogen and oxygen atoms in total. The second-order valence-electron chi connectivity index (χ2n) is 9.25. The third-order valence-electron chi connectivity index (χ3n) is 7.03. The Labute approximate surface area is 198 Å². The molecule has 0 aliphatic carbocycles. The number of pyridine rings is 1. The summed E-state index contributed by atoms with van der Waals surface area (Å²) in [4.78, 5) is 29.4. The van der Waals surface area contributed by atoms with Crippen LogP contribution >= 0.6 is 0 Å². The quantitative estimate of drug-likeness (QED) is 0.631. The normalized spacial score (nSPS) is 17.2. The third kappa shape index (κ3) is 4.76. The van der Waals surface area contributed by atoms with Gasteiger partial charge < -0.3 is 15.1 Å². The lowest BCUT2D eigenvalue weighted by Gasteiger charge is -2.32. The van der Waals surface area contributed by atoms with Crippen molar-refractivity contribution in [3.63, 3.8) is 0 Å². The number of aromatic nitrogens is 2. The SMILES string of the molecule is O=C(NCc1ccc(F)cc1)N1CCC(c2ccn3ncc(C(=O)N4CCCCC4)c3c2)CC1. The van der Waals surface area contributed by atoms with Gasteiger partial charge in [-0.15, -0.1) is 0 Å². The van der Waals surface area contributed by atoms with Gasteiger partial charge in [0, 0.05) is 38.9 Å². The van der Waals surface area contributed by atoms with Crippen molar-refractivity contribution in [3.05, 3.63) is 71.3 Å². The van der Waals surface area contributed by atoms with Crippen molar-refractivity contribution in [3.8, 4) is 0 Å². The number of urea groups is 1. The van der Waals surface area contributed by atoms with Crippen molar-refractivity contribution in [2.45, 2.75) is 44.6 Å². The highest BCUT2D eigenvalue weighted by Gasteiger charge is 2.26. The first-order valence-electron chi connectivity index (χ1n) is 12.1. The monoisotopic (exact) mass is 463 g/mol. The van der Waals surface area contributed by atoms with Crippen molar-refractivity contribution < 1.29 is 14.0 Å². The maximum absolute atomic E-state index is 13.1. The van der Waals surface area contributed by atoms with E-state index >= 15 is 0 Å². The summed E-state index contributed by atoms with van der Waals surface area (Å²) in [7, 11) is 0. The highest BCUT2D eigenvalue weighted by atomic mass is 19.1. The summed E-state index contributed by atoms with van der Waals surface area (Å²) >= 11 is 0. The summed E-state index contributed by atoms with van der Waals surface area (Å²) in [5, 5.41) is 7.32. The topological polar surface area (TPSA) is 70.0 Å². The molecule has 0 saturated carbocycles. The minimum atomic E-state index is -0.283. The Balaban J connectivity index is 1.21. The number of amides is 3. The number of carbonyl (C=O) groups excluding carboxylic acids is 2. The number of nitrogens with zero attached hydrogens (tertiary/aromatic N) is 4. The number of nitrogens with one attached hydrogen (secondary N) is 1. The molecule has 2 aliphatic rings. The first-order valence-corrected chi connectivity index (χ1v) is 12.1. The van der Waals surface area contributed by atoms with Gasteiger partial charge in [0.15, 0.2) is 0 Å². The van der Waals surface area contributed by atoms with Crippen LogP contribution in [-0.2, 0) is 6.54 Å². The fourth-order valence-electron chi connectivity index (χ4n) is 4.99. The van der Waals surface area contributed by atoms with E-state index < -0.39 is 0 Å². The molecule has 1 N–H and O–H groups in total. The molecule has 2 fully saturated rings. The van der Waals surface area contributed by atoms with Gasteiger partial charge in [0.05, 0.1) is 17.3 Å². The van der Waals surface area contributed by atoms with Gasteiger partial charge in [0.25, 0.3) is 5.91 Å². The fraction of sp³-hybridized carbons (Fsp3) is 0.423. The Morgan fingerprint density at radius 1 is 0.971 bits per heavy atom. The molecule has 0 radical (unpaired) electrons. The van der Waals surface area contributed by atoms with Gasteiger partial charge in [0.1, 0.15) is 5.82 Å². The van der Waals surface area contributed by atoms with E-state index in [2.05, 4.69) is 22.5 Å². The van der Waals surface area contributed by atoms with E-state index in [0.717, 1.165) is 49.9 Å². The van der Waals surface area contributed by atoms with Crippen molar-refractivity contribution in [1.29, 1.82) is 0 Å². The lowest BCUT2D eigenvalue weighted by atomic mass is 9.89. The summed E-state index contributed by atoms with van der Waals surface area (Å²) in [6.07, 6.45) is 8.65. The number of fused-ring (bicyclic) bond motifs is 1. The number of carbonyl (C=O) groups is 2. The highest BCUT2D eigenvalue weighted by molar-refractivity contribution is 6.00. The van der Waals surface area contributed by atoms with Crippen molar-refractivity contribution in [1.82, 2.24) is 24.7 Å². The lowest BCUT2D eigenvalue weighted by molar-refractivity contribution is 0.0726. The summed E-state index contributed by atoms with van der Waals surface area (Å²) in [5.74, 6) is 0.118. The number of benzene rings is 1. The van der Waals surface area contributed by atoms with Gasteiger partial charge in [-0.2, -0.15) is 5.10 Å². The molecular weight excluding hydrogens is 433 g/mol. The van der Waals surface area contributed by atoms with E-state index in [-0.39, 0.29) is 17.8 Å². The first kappa shape index (κ1) is 22.4. The standard InChI is InChI=1S/C26H30FN5O2/c27-22-6-4-19(5-7-22)17-28-26(34)31-13-8-20(9-14-31)21-10-15-32-24(16-21)23(18-29-32)25(33)30-11-2-1-3-12-30/h4-7,10,15-16,18,20H,1-3,8-9,11-14,17H2,(H,28,34). The Bertz CT molecular complexity index is 1160. The molecule has 3 amide bonds. The molecular formula is C26H30FN5O2. The van der Waals surface area contributed by atoms with Gasteiger partial charge in [0.2, 0.25) is 0 Å². The number of rotatable bonds is 4. The summed E-state index contributed by atoms with van der Waals surface area (Å²) in [6.45, 7) is 3.35. The molecule has 2 aromatic heterocycles. The molecule has 5 rings (SSSR count). The lowest BCUT2D eigenvalue weighted by Crippen LogP contribution is -2.43. The van der Waals surface area contributed by atoms with Crippen LogP contribution in [0.3, 0.4) is 0 Å². The Morgan fingerprint density at radius 3 is 2.44 bits per heavy atom. The second-order valence-corrected chi connectivity index (χ2v) is 9.25. The van der Waals surface area contributed by atoms with Gasteiger partial charge in [-0.05, 0) is 73.4 Å². The minimum absolute atomic E-state index is 0.0690. The smallest absolute Gasteiger partial charge is 0.317 e. The average Bonchev–Trinajstić information content (AvgIpc) is 3.31. The van der Waals surface area contributed by atoms with Crippen LogP contribution in [-0.4, -0.2) is 57.5 Å². The van der Waals surface area contributed by atoms with E-state index in [9.17, 15) is 14.0 Å². The van der Waals surface area contributed by atoms with Gasteiger partial charge >= 0.3 is 6.03 Å². The summed E-state index contributed by atoms with van der Waals surface area (Å²) < 4.78 is 14.8. The van der Waals surface area contributed by atoms with Crippen LogP contribution in [0.4, 0.5) is 9.18 Å². The second kappa shape index (κ2) is 9.83. The highest BCUT2D eigenvalue weighted by Crippen LogP contribution is 2.30. The fourth-order valence-corrected chi connectivity index (χ4v) is 4.99. The van der Waals surface area contributed by atoms with E-state index in [0.29, 0.717) is 31.1 Å². The zero-order valence-electron chi connectivity index (χ0n) is 19.3. The van der Waals surface area contributed by atoms with Crippen molar-refractivity contribution in [2.24, 2.45) is 0 Å². The molecule has 34 heavy (non-hydrogen) atoms. The summed E-state index contributed by atoms with van der Waals surface area (Å²) in [6, 6.07) is 10.2. The molecule has 2 saturated heterocycles. The third-order valence-corrected chi connectivity index (χ3v) is 7.03. The Hall–Kier alpha value is -3.42. The van der Waals surface area contributed by atoms with E-state index in [1.54, 1.807) is 22.8 Å². The van der Waals surface area contributed by atoms with E-state index in [1.165, 1.54) is 24.1 Å². The number of piperidine rings is 2. The van der Waals surface area contributed by atoms with Gasteiger partial charge in [-0.25, -0.2) is 13.7 Å². The van der Waals surface area contributed by atoms with Crippen LogP contribution in [0.2, 0.25) is 0 Å². The van der Waals surface area contributed by atoms with Crippen LogP contribution in [0.5, 0.6) is 0 Å². The van der Waals surface area contributed by atoms with Crippen LogP contribution in [0.1, 0.15) is 59.5 Å². The number of hydrogen-bond acceptors (Lipinski definition) is 3. The predicted octanol–water partition coefficient (Wildman–Crippen LogP) is 4.19. The molecule has 178 valence electrons. The zero-order valence-corrected chi connectivity index (χ0v) is 19.3.